The quantitative estimate of drug-likeness (QED) is 0.831. The molecular weight excluding hydrogens is 188 g/mol. The van der Waals surface area contributed by atoms with Gasteiger partial charge in [-0.15, -0.1) is 0 Å². The number of aromatic nitrogens is 1. The monoisotopic (exact) mass is 202 g/mol. The molecule has 0 saturated carbocycles. The van der Waals surface area contributed by atoms with Gasteiger partial charge in [-0.05, 0) is 5.56 Å². The van der Waals surface area contributed by atoms with Crippen molar-refractivity contribution in [2.45, 2.75) is 19.9 Å². The lowest BCUT2D eigenvalue weighted by Crippen LogP contribution is -1.95. The second kappa shape index (κ2) is 4.28. The number of nitrogens with two attached hydrogens (primary N) is 1. The first kappa shape index (κ1) is 9.93. The summed E-state index contributed by atoms with van der Waals surface area (Å²) in [5.74, 6) is 0.771. The van der Waals surface area contributed by atoms with Crippen LogP contribution in [0.3, 0.4) is 0 Å². The summed E-state index contributed by atoms with van der Waals surface area (Å²) in [7, 11) is 0. The molecule has 2 aromatic rings. The summed E-state index contributed by atoms with van der Waals surface area (Å²) in [6.45, 7) is 2.59. The second-order valence-electron chi connectivity index (χ2n) is 3.38. The first-order valence-corrected chi connectivity index (χ1v) is 5.07. The minimum atomic E-state index is 0.569. The molecule has 0 amide bonds. The van der Waals surface area contributed by atoms with E-state index in [0.717, 1.165) is 29.1 Å². The van der Waals surface area contributed by atoms with Crippen LogP contribution in [0.1, 0.15) is 18.4 Å². The lowest BCUT2D eigenvalue weighted by Gasteiger charge is -1.98. The van der Waals surface area contributed by atoms with Crippen LogP contribution in [0.5, 0.6) is 0 Å². The Morgan fingerprint density at radius 1 is 1.27 bits per heavy atom. The summed E-state index contributed by atoms with van der Waals surface area (Å²) in [4.78, 5) is 4.36. The fraction of sp³-hybridized carbons (Fsp3) is 0.250. The molecule has 0 fully saturated rings. The van der Waals surface area contributed by atoms with E-state index in [9.17, 15) is 0 Å². The van der Waals surface area contributed by atoms with Gasteiger partial charge in [0, 0.05) is 18.5 Å². The van der Waals surface area contributed by atoms with Gasteiger partial charge < -0.3 is 10.2 Å². The maximum Gasteiger partial charge on any atom is 0.194 e. The van der Waals surface area contributed by atoms with Gasteiger partial charge in [0.1, 0.15) is 12.0 Å². The zero-order chi connectivity index (χ0) is 10.7. The number of benzene rings is 1. The van der Waals surface area contributed by atoms with E-state index in [-0.39, 0.29) is 0 Å². The van der Waals surface area contributed by atoms with Gasteiger partial charge in [0.15, 0.2) is 5.89 Å². The first-order valence-electron chi connectivity index (χ1n) is 5.07. The fourth-order valence-corrected chi connectivity index (χ4v) is 1.42. The predicted octanol–water partition coefficient (Wildman–Crippen LogP) is 2.36. The molecular formula is C12H14N2O. The average molecular weight is 202 g/mol. The van der Waals surface area contributed by atoms with Gasteiger partial charge >= 0.3 is 0 Å². The molecule has 0 aliphatic rings. The second-order valence-corrected chi connectivity index (χ2v) is 3.38. The Morgan fingerprint density at radius 3 is 2.53 bits per heavy atom. The maximum atomic E-state index is 5.53. The van der Waals surface area contributed by atoms with Crippen molar-refractivity contribution in [3.63, 3.8) is 0 Å². The van der Waals surface area contributed by atoms with Crippen molar-refractivity contribution in [3.8, 4) is 11.3 Å². The fourth-order valence-electron chi connectivity index (χ4n) is 1.42. The number of rotatable bonds is 3. The van der Waals surface area contributed by atoms with Gasteiger partial charge in [-0.1, -0.05) is 31.2 Å². The van der Waals surface area contributed by atoms with Crippen molar-refractivity contribution in [3.05, 3.63) is 42.0 Å². The molecule has 2 N–H and O–H groups in total. The van der Waals surface area contributed by atoms with E-state index in [2.05, 4.69) is 4.98 Å². The number of hydrogen-bond donors (Lipinski definition) is 1. The highest BCUT2D eigenvalue weighted by atomic mass is 16.3. The third-order valence-electron chi connectivity index (χ3n) is 2.34. The number of aryl methyl sites for hydroxylation is 1. The Morgan fingerprint density at radius 2 is 2.00 bits per heavy atom. The van der Waals surface area contributed by atoms with Crippen LogP contribution in [-0.4, -0.2) is 4.98 Å². The van der Waals surface area contributed by atoms with Crippen molar-refractivity contribution >= 4 is 0 Å². The van der Waals surface area contributed by atoms with Gasteiger partial charge in [-0.25, -0.2) is 4.98 Å². The molecule has 1 aromatic heterocycles. The van der Waals surface area contributed by atoms with Crippen LogP contribution in [0.25, 0.3) is 11.3 Å². The summed E-state index contributed by atoms with van der Waals surface area (Å²) < 4.78 is 5.29. The zero-order valence-electron chi connectivity index (χ0n) is 8.73. The van der Waals surface area contributed by atoms with Crippen LogP contribution < -0.4 is 5.73 Å². The Kier molecular flexibility index (Phi) is 2.83. The van der Waals surface area contributed by atoms with Crippen molar-refractivity contribution in [1.29, 1.82) is 0 Å². The maximum absolute atomic E-state index is 5.53. The topological polar surface area (TPSA) is 52.0 Å². The molecule has 0 saturated heterocycles. The minimum absolute atomic E-state index is 0.569. The molecule has 0 radical (unpaired) electrons. The molecule has 1 heterocycles. The van der Waals surface area contributed by atoms with E-state index in [4.69, 9.17) is 10.2 Å². The van der Waals surface area contributed by atoms with Crippen LogP contribution in [-0.2, 0) is 13.0 Å². The van der Waals surface area contributed by atoms with E-state index in [1.165, 1.54) is 0 Å². The van der Waals surface area contributed by atoms with E-state index in [1.807, 2.05) is 31.2 Å². The number of nitrogens with zero attached hydrogens (tertiary/aromatic N) is 1. The van der Waals surface area contributed by atoms with Gasteiger partial charge in [-0.3, -0.25) is 0 Å². The minimum Gasteiger partial charge on any atom is -0.448 e. The number of oxazole rings is 1. The average Bonchev–Trinajstić information content (AvgIpc) is 2.78. The molecule has 3 heteroatoms. The highest BCUT2D eigenvalue weighted by molar-refractivity contribution is 5.58. The molecule has 78 valence electrons. The lowest BCUT2D eigenvalue weighted by molar-refractivity contribution is 0.502. The Bertz CT molecular complexity index is 431. The van der Waals surface area contributed by atoms with Crippen LogP contribution in [0.4, 0.5) is 0 Å². The van der Waals surface area contributed by atoms with E-state index in [1.54, 1.807) is 6.26 Å². The summed E-state index contributed by atoms with van der Waals surface area (Å²) in [5, 5.41) is 0. The predicted molar refractivity (Wildman–Crippen MR) is 59.2 cm³/mol. The normalized spacial score (nSPS) is 10.5. The van der Waals surface area contributed by atoms with Crippen molar-refractivity contribution < 1.29 is 4.42 Å². The van der Waals surface area contributed by atoms with Crippen molar-refractivity contribution in [2.75, 3.05) is 0 Å². The van der Waals surface area contributed by atoms with Crippen LogP contribution >= 0.6 is 0 Å². The van der Waals surface area contributed by atoms with Crippen LogP contribution in [0.2, 0.25) is 0 Å². The highest BCUT2D eigenvalue weighted by Crippen LogP contribution is 2.19. The Balaban J connectivity index is 2.28. The summed E-state index contributed by atoms with van der Waals surface area (Å²) >= 11 is 0. The molecule has 0 unspecified atom stereocenters. The zero-order valence-corrected chi connectivity index (χ0v) is 8.73. The Labute approximate surface area is 88.9 Å². The van der Waals surface area contributed by atoms with Gasteiger partial charge in [0.25, 0.3) is 0 Å². The van der Waals surface area contributed by atoms with Crippen LogP contribution in [0, 0.1) is 0 Å². The highest BCUT2D eigenvalue weighted by Gasteiger charge is 2.04. The van der Waals surface area contributed by atoms with E-state index >= 15 is 0 Å². The van der Waals surface area contributed by atoms with E-state index in [0.29, 0.717) is 6.54 Å². The molecule has 3 nitrogen and oxygen atoms in total. The molecule has 1 aromatic carbocycles. The van der Waals surface area contributed by atoms with Crippen molar-refractivity contribution in [1.82, 2.24) is 4.98 Å². The van der Waals surface area contributed by atoms with Gasteiger partial charge in [0.05, 0.1) is 0 Å². The first-order chi connectivity index (χ1) is 7.33. The summed E-state index contributed by atoms with van der Waals surface area (Å²) in [6, 6.07) is 8.05. The largest absolute Gasteiger partial charge is 0.448 e. The van der Waals surface area contributed by atoms with E-state index < -0.39 is 0 Å². The molecule has 0 bridgehead atoms. The molecule has 0 aliphatic carbocycles. The molecule has 0 spiro atoms. The SMILES string of the molecule is CCc1nc(-c2ccc(CN)cc2)co1. The standard InChI is InChI=1S/C12H14N2O/c1-2-12-14-11(8-15-12)10-5-3-9(7-13)4-6-10/h3-6,8H,2,7,13H2,1H3. The van der Waals surface area contributed by atoms with Crippen LogP contribution in [0.15, 0.2) is 34.9 Å². The third kappa shape index (κ3) is 2.07. The summed E-state index contributed by atoms with van der Waals surface area (Å²) in [5.41, 5.74) is 8.60. The molecule has 0 aliphatic heterocycles. The third-order valence-corrected chi connectivity index (χ3v) is 2.34. The molecule has 0 atom stereocenters. The smallest absolute Gasteiger partial charge is 0.194 e. The van der Waals surface area contributed by atoms with Gasteiger partial charge in [0.2, 0.25) is 0 Å². The van der Waals surface area contributed by atoms with Gasteiger partial charge in [-0.2, -0.15) is 0 Å². The molecule has 15 heavy (non-hydrogen) atoms. The number of hydrogen-bond acceptors (Lipinski definition) is 3. The summed E-state index contributed by atoms with van der Waals surface area (Å²) in [6.07, 6.45) is 2.51. The lowest BCUT2D eigenvalue weighted by atomic mass is 10.1. The van der Waals surface area contributed by atoms with Crippen molar-refractivity contribution in [2.24, 2.45) is 5.73 Å². The Hall–Kier alpha value is -1.61. The molecule has 2 rings (SSSR count).